The van der Waals surface area contributed by atoms with Crippen molar-refractivity contribution >= 4 is 29.3 Å². The monoisotopic (exact) mass is 411 g/mol. The zero-order chi connectivity index (χ0) is 19.8. The van der Waals surface area contributed by atoms with Crippen LogP contribution in [0.5, 0.6) is 5.75 Å². The molecule has 0 fully saturated rings. The van der Waals surface area contributed by atoms with E-state index in [-0.39, 0.29) is 5.91 Å². The highest BCUT2D eigenvalue weighted by Gasteiger charge is 2.11. The van der Waals surface area contributed by atoms with E-state index in [2.05, 4.69) is 17.4 Å². The number of hydrogen-bond donors (Lipinski definition) is 1. The summed E-state index contributed by atoms with van der Waals surface area (Å²) in [6.07, 6.45) is 0. The van der Waals surface area contributed by atoms with Crippen LogP contribution in [0.25, 0.3) is 0 Å². The Bertz CT molecular complexity index is 914. The van der Waals surface area contributed by atoms with Gasteiger partial charge in [0.15, 0.2) is 0 Å². The van der Waals surface area contributed by atoms with E-state index < -0.39 is 0 Å². The summed E-state index contributed by atoms with van der Waals surface area (Å²) in [6, 6.07) is 23.2. The maximum Gasteiger partial charge on any atom is 0.251 e. The predicted octanol–water partition coefficient (Wildman–Crippen LogP) is 5.96. The van der Waals surface area contributed by atoms with Crippen LogP contribution in [-0.4, -0.2) is 12.5 Å². The molecule has 3 aromatic rings. The maximum absolute atomic E-state index is 12.6. The second-order valence-corrected chi connectivity index (χ2v) is 7.65. The van der Waals surface area contributed by atoms with Crippen LogP contribution in [0.4, 0.5) is 0 Å². The lowest BCUT2D eigenvalue weighted by molar-refractivity contribution is 0.0951. The third-order valence-corrected chi connectivity index (χ3v) is 5.44. The summed E-state index contributed by atoms with van der Waals surface area (Å²) in [7, 11) is 0. The van der Waals surface area contributed by atoms with Gasteiger partial charge >= 0.3 is 0 Å². The topological polar surface area (TPSA) is 38.3 Å². The summed E-state index contributed by atoms with van der Waals surface area (Å²) in [5, 5.41) is 3.64. The predicted molar refractivity (Wildman–Crippen MR) is 116 cm³/mol. The number of nitrogens with one attached hydrogen (secondary N) is 1. The molecule has 3 aromatic carbocycles. The highest BCUT2D eigenvalue weighted by Crippen LogP contribution is 2.29. The number of benzene rings is 3. The van der Waals surface area contributed by atoms with Crippen LogP contribution < -0.4 is 10.1 Å². The molecule has 28 heavy (non-hydrogen) atoms. The Labute approximate surface area is 175 Å². The fraction of sp³-hybridized carbons (Fsp3) is 0.174. The molecule has 0 aliphatic rings. The minimum absolute atomic E-state index is 0.107. The Balaban J connectivity index is 1.69. The van der Waals surface area contributed by atoms with Crippen LogP contribution in [0.15, 0.2) is 77.7 Å². The van der Waals surface area contributed by atoms with Gasteiger partial charge in [0.25, 0.3) is 5.91 Å². The molecule has 0 saturated carbocycles. The number of hydrogen-bond acceptors (Lipinski definition) is 3. The van der Waals surface area contributed by atoms with Crippen LogP contribution in [0, 0.1) is 0 Å². The Morgan fingerprint density at radius 3 is 2.50 bits per heavy atom. The third kappa shape index (κ3) is 5.78. The van der Waals surface area contributed by atoms with Gasteiger partial charge in [0.2, 0.25) is 0 Å². The summed E-state index contributed by atoms with van der Waals surface area (Å²) < 4.78 is 5.74. The highest BCUT2D eigenvalue weighted by atomic mass is 35.5. The third-order valence-electron chi connectivity index (χ3n) is 4.13. The van der Waals surface area contributed by atoms with Gasteiger partial charge in [-0.3, -0.25) is 4.79 Å². The number of ether oxygens (including phenoxy) is 1. The van der Waals surface area contributed by atoms with Gasteiger partial charge in [-0.2, -0.15) is 0 Å². The van der Waals surface area contributed by atoms with Crippen LogP contribution >= 0.6 is 23.4 Å². The summed E-state index contributed by atoms with van der Waals surface area (Å²) in [5.41, 5.74) is 2.64. The van der Waals surface area contributed by atoms with Gasteiger partial charge in [0.1, 0.15) is 5.75 Å². The Kier molecular flexibility index (Phi) is 7.40. The lowest BCUT2D eigenvalue weighted by atomic mass is 10.1. The van der Waals surface area contributed by atoms with E-state index in [4.69, 9.17) is 16.3 Å². The van der Waals surface area contributed by atoms with Crippen LogP contribution in [0.1, 0.15) is 28.4 Å². The largest absolute Gasteiger partial charge is 0.494 e. The standard InChI is InChI=1S/C23H22ClNO2S/c1-2-27-22-13-10-18(14-19(22)16-28-21-6-4-3-5-7-21)23(26)25-15-17-8-11-20(24)12-9-17/h3-14H,2,15-16H2,1H3,(H,25,26). The molecule has 3 rings (SSSR count). The second kappa shape index (κ2) is 10.2. The van der Waals surface area contributed by atoms with E-state index >= 15 is 0 Å². The molecule has 0 bridgehead atoms. The molecule has 1 amide bonds. The van der Waals surface area contributed by atoms with E-state index in [0.717, 1.165) is 22.6 Å². The van der Waals surface area contributed by atoms with Crippen molar-refractivity contribution < 1.29 is 9.53 Å². The zero-order valence-corrected chi connectivity index (χ0v) is 17.2. The smallest absolute Gasteiger partial charge is 0.251 e. The molecular weight excluding hydrogens is 390 g/mol. The van der Waals surface area contributed by atoms with Crippen molar-refractivity contribution in [2.24, 2.45) is 0 Å². The Morgan fingerprint density at radius 2 is 1.79 bits per heavy atom. The lowest BCUT2D eigenvalue weighted by Crippen LogP contribution is -2.22. The van der Waals surface area contributed by atoms with E-state index in [0.29, 0.717) is 23.7 Å². The van der Waals surface area contributed by atoms with Crippen LogP contribution in [-0.2, 0) is 12.3 Å². The normalized spacial score (nSPS) is 10.5. The first kappa shape index (κ1) is 20.3. The molecule has 5 heteroatoms. The van der Waals surface area contributed by atoms with Crippen molar-refractivity contribution in [3.63, 3.8) is 0 Å². The lowest BCUT2D eigenvalue weighted by Gasteiger charge is -2.12. The number of amides is 1. The molecule has 0 spiro atoms. The number of halogens is 1. The summed E-state index contributed by atoms with van der Waals surface area (Å²) >= 11 is 7.62. The zero-order valence-electron chi connectivity index (χ0n) is 15.7. The molecular formula is C23H22ClNO2S. The fourth-order valence-electron chi connectivity index (χ4n) is 2.69. The van der Waals surface area contributed by atoms with Crippen LogP contribution in [0.2, 0.25) is 5.02 Å². The highest BCUT2D eigenvalue weighted by molar-refractivity contribution is 7.98. The summed E-state index contributed by atoms with van der Waals surface area (Å²) in [4.78, 5) is 13.8. The first-order valence-corrected chi connectivity index (χ1v) is 10.5. The summed E-state index contributed by atoms with van der Waals surface area (Å²) in [6.45, 7) is 3.00. The van der Waals surface area contributed by atoms with Crippen molar-refractivity contribution in [2.75, 3.05) is 6.61 Å². The van der Waals surface area contributed by atoms with Gasteiger partial charge in [-0.1, -0.05) is 41.9 Å². The Hall–Kier alpha value is -2.43. The molecule has 0 unspecified atom stereocenters. The van der Waals surface area contributed by atoms with E-state index in [1.165, 1.54) is 4.90 Å². The van der Waals surface area contributed by atoms with Crippen molar-refractivity contribution in [1.82, 2.24) is 5.32 Å². The fourth-order valence-corrected chi connectivity index (χ4v) is 3.72. The van der Waals surface area contributed by atoms with E-state index in [1.54, 1.807) is 17.8 Å². The molecule has 144 valence electrons. The van der Waals surface area contributed by atoms with Crippen molar-refractivity contribution in [3.05, 3.63) is 94.5 Å². The van der Waals surface area contributed by atoms with Crippen molar-refractivity contribution in [1.29, 1.82) is 0 Å². The number of thioether (sulfide) groups is 1. The second-order valence-electron chi connectivity index (χ2n) is 6.17. The van der Waals surface area contributed by atoms with Gasteiger partial charge in [0.05, 0.1) is 6.61 Å². The average Bonchev–Trinajstić information content (AvgIpc) is 2.73. The molecule has 0 radical (unpaired) electrons. The summed E-state index contributed by atoms with van der Waals surface area (Å²) in [5.74, 6) is 1.45. The number of carbonyl (C=O) groups excluding carboxylic acids is 1. The first-order valence-electron chi connectivity index (χ1n) is 9.12. The van der Waals surface area contributed by atoms with Gasteiger partial charge in [-0.05, 0) is 55.0 Å². The molecule has 0 aliphatic carbocycles. The average molecular weight is 412 g/mol. The van der Waals surface area contributed by atoms with E-state index in [9.17, 15) is 4.79 Å². The van der Waals surface area contributed by atoms with Gasteiger partial charge in [-0.15, -0.1) is 11.8 Å². The molecule has 0 aliphatic heterocycles. The Morgan fingerprint density at radius 1 is 1.04 bits per heavy atom. The molecule has 0 atom stereocenters. The van der Waals surface area contributed by atoms with Gasteiger partial charge in [0, 0.05) is 33.3 Å². The van der Waals surface area contributed by atoms with Crippen molar-refractivity contribution in [2.45, 2.75) is 24.1 Å². The quantitative estimate of drug-likeness (QED) is 0.464. The number of carbonyl (C=O) groups is 1. The van der Waals surface area contributed by atoms with Crippen LogP contribution in [0.3, 0.4) is 0 Å². The van der Waals surface area contributed by atoms with Gasteiger partial charge < -0.3 is 10.1 Å². The SMILES string of the molecule is CCOc1ccc(C(=O)NCc2ccc(Cl)cc2)cc1CSc1ccccc1. The maximum atomic E-state index is 12.6. The number of rotatable bonds is 8. The molecule has 1 N–H and O–H groups in total. The molecule has 0 saturated heterocycles. The minimum atomic E-state index is -0.107. The van der Waals surface area contributed by atoms with Crippen molar-refractivity contribution in [3.8, 4) is 5.75 Å². The first-order chi connectivity index (χ1) is 13.7. The minimum Gasteiger partial charge on any atom is -0.494 e. The molecule has 0 heterocycles. The molecule has 3 nitrogen and oxygen atoms in total. The van der Waals surface area contributed by atoms with Gasteiger partial charge in [-0.25, -0.2) is 0 Å². The van der Waals surface area contributed by atoms with E-state index in [1.807, 2.05) is 61.5 Å². The molecule has 0 aromatic heterocycles.